The van der Waals surface area contributed by atoms with Crippen LogP contribution >= 0.6 is 11.6 Å². The van der Waals surface area contributed by atoms with Crippen molar-refractivity contribution in [3.63, 3.8) is 0 Å². The van der Waals surface area contributed by atoms with Crippen molar-refractivity contribution in [3.8, 4) is 0 Å². The predicted molar refractivity (Wildman–Crippen MR) is 64.8 cm³/mol. The van der Waals surface area contributed by atoms with Gasteiger partial charge in [0.05, 0.1) is 21.7 Å². The number of carboxylic acids is 1. The van der Waals surface area contributed by atoms with Gasteiger partial charge in [0.25, 0.3) is 0 Å². The summed E-state index contributed by atoms with van der Waals surface area (Å²) in [4.78, 5) is 26.3. The molecule has 0 fully saturated rings. The van der Waals surface area contributed by atoms with Gasteiger partial charge in [-0.1, -0.05) is 11.6 Å². The number of aromatic nitrogens is 3. The number of hydrogen-bond acceptors (Lipinski definition) is 4. The van der Waals surface area contributed by atoms with Crippen LogP contribution in [0.4, 0.5) is 0 Å². The SMILES string of the molecule is Cc1nn(C)c2ncc(C(=O)CC(=O)O)c(Cl)c12. The number of aryl methyl sites for hydroxylation is 2. The zero-order valence-electron chi connectivity index (χ0n) is 9.77. The van der Waals surface area contributed by atoms with Crippen molar-refractivity contribution in [2.75, 3.05) is 0 Å². The molecule has 0 amide bonds. The van der Waals surface area contributed by atoms with Gasteiger partial charge in [-0.05, 0) is 6.92 Å². The Morgan fingerprint density at radius 2 is 2.17 bits per heavy atom. The molecule has 18 heavy (non-hydrogen) atoms. The van der Waals surface area contributed by atoms with Crippen LogP contribution in [-0.2, 0) is 11.8 Å². The Morgan fingerprint density at radius 1 is 1.50 bits per heavy atom. The highest BCUT2D eigenvalue weighted by atomic mass is 35.5. The Balaban J connectivity index is 2.61. The summed E-state index contributed by atoms with van der Waals surface area (Å²) < 4.78 is 1.56. The molecule has 2 heterocycles. The second-order valence-corrected chi connectivity index (χ2v) is 4.27. The smallest absolute Gasteiger partial charge is 0.311 e. The van der Waals surface area contributed by atoms with E-state index in [2.05, 4.69) is 10.1 Å². The molecule has 94 valence electrons. The first-order chi connectivity index (χ1) is 8.41. The fraction of sp³-hybridized carbons (Fsp3) is 0.273. The van der Waals surface area contributed by atoms with Crippen LogP contribution in [0.5, 0.6) is 0 Å². The zero-order chi connectivity index (χ0) is 13.4. The lowest BCUT2D eigenvalue weighted by atomic mass is 10.1. The summed E-state index contributed by atoms with van der Waals surface area (Å²) in [5.41, 5.74) is 1.32. The largest absolute Gasteiger partial charge is 0.481 e. The van der Waals surface area contributed by atoms with Crippen LogP contribution in [0.1, 0.15) is 22.5 Å². The van der Waals surface area contributed by atoms with Crippen LogP contribution in [0, 0.1) is 6.92 Å². The van der Waals surface area contributed by atoms with Crippen LogP contribution in [-0.4, -0.2) is 31.6 Å². The average Bonchev–Trinajstić information content (AvgIpc) is 2.54. The third-order valence-corrected chi connectivity index (χ3v) is 2.97. The van der Waals surface area contributed by atoms with Crippen molar-refractivity contribution >= 4 is 34.4 Å². The van der Waals surface area contributed by atoms with E-state index in [-0.39, 0.29) is 10.6 Å². The minimum absolute atomic E-state index is 0.114. The lowest BCUT2D eigenvalue weighted by Gasteiger charge is -2.03. The molecule has 2 aromatic rings. The minimum Gasteiger partial charge on any atom is -0.481 e. The van der Waals surface area contributed by atoms with E-state index in [0.29, 0.717) is 16.7 Å². The number of pyridine rings is 1. The molecule has 0 saturated carbocycles. The van der Waals surface area contributed by atoms with E-state index in [1.807, 2.05) is 0 Å². The second-order valence-electron chi connectivity index (χ2n) is 3.89. The zero-order valence-corrected chi connectivity index (χ0v) is 10.5. The van der Waals surface area contributed by atoms with Gasteiger partial charge in [0.1, 0.15) is 6.42 Å². The molecule has 0 atom stereocenters. The van der Waals surface area contributed by atoms with Crippen molar-refractivity contribution in [1.82, 2.24) is 14.8 Å². The van der Waals surface area contributed by atoms with Crippen LogP contribution < -0.4 is 0 Å². The normalized spacial score (nSPS) is 10.8. The van der Waals surface area contributed by atoms with Crippen molar-refractivity contribution < 1.29 is 14.7 Å². The fourth-order valence-corrected chi connectivity index (χ4v) is 2.17. The van der Waals surface area contributed by atoms with Crippen LogP contribution in [0.3, 0.4) is 0 Å². The first-order valence-corrected chi connectivity index (χ1v) is 5.52. The number of fused-ring (bicyclic) bond motifs is 1. The Hall–Kier alpha value is -1.95. The quantitative estimate of drug-likeness (QED) is 0.674. The topological polar surface area (TPSA) is 85.1 Å². The van der Waals surface area contributed by atoms with Crippen molar-refractivity contribution in [2.45, 2.75) is 13.3 Å². The number of aliphatic carboxylic acids is 1. The molecule has 0 unspecified atom stereocenters. The number of rotatable bonds is 3. The molecule has 0 aliphatic rings. The summed E-state index contributed by atoms with van der Waals surface area (Å²) in [6.45, 7) is 1.75. The summed E-state index contributed by atoms with van der Waals surface area (Å²) in [6.07, 6.45) is 0.684. The molecule has 0 aromatic carbocycles. The molecule has 0 aliphatic carbocycles. The van der Waals surface area contributed by atoms with E-state index in [1.54, 1.807) is 18.7 Å². The van der Waals surface area contributed by atoms with Crippen molar-refractivity contribution in [2.24, 2.45) is 7.05 Å². The maximum Gasteiger partial charge on any atom is 0.311 e. The highest BCUT2D eigenvalue weighted by Gasteiger charge is 2.19. The number of carbonyl (C=O) groups is 2. The van der Waals surface area contributed by atoms with Gasteiger partial charge in [-0.15, -0.1) is 0 Å². The molecule has 0 bridgehead atoms. The third kappa shape index (κ3) is 1.95. The van der Waals surface area contributed by atoms with E-state index in [9.17, 15) is 9.59 Å². The number of halogens is 1. The fourth-order valence-electron chi connectivity index (χ4n) is 1.80. The summed E-state index contributed by atoms with van der Waals surface area (Å²) >= 11 is 6.13. The molecule has 7 heteroatoms. The van der Waals surface area contributed by atoms with E-state index >= 15 is 0 Å². The van der Waals surface area contributed by atoms with Crippen LogP contribution in [0.2, 0.25) is 5.02 Å². The van der Waals surface area contributed by atoms with Gasteiger partial charge >= 0.3 is 5.97 Å². The third-order valence-electron chi connectivity index (χ3n) is 2.58. The van der Waals surface area contributed by atoms with Crippen LogP contribution in [0.15, 0.2) is 6.20 Å². The highest BCUT2D eigenvalue weighted by Crippen LogP contribution is 2.28. The first-order valence-electron chi connectivity index (χ1n) is 5.14. The monoisotopic (exact) mass is 267 g/mol. The second kappa shape index (κ2) is 4.38. The molecular weight excluding hydrogens is 258 g/mol. The van der Waals surface area contributed by atoms with Gasteiger partial charge < -0.3 is 5.11 Å². The maximum atomic E-state index is 11.7. The first kappa shape index (κ1) is 12.5. The molecule has 0 saturated heterocycles. The summed E-state index contributed by atoms with van der Waals surface area (Å²) in [7, 11) is 1.72. The Bertz CT molecular complexity index is 663. The van der Waals surface area contributed by atoms with E-state index in [1.165, 1.54) is 6.20 Å². The summed E-state index contributed by atoms with van der Waals surface area (Å²) in [5, 5.41) is 13.5. The standard InChI is InChI=1S/C11H10ClN3O3/c1-5-9-10(12)6(7(16)3-8(17)18)4-13-11(9)15(2)14-5/h4H,3H2,1-2H3,(H,17,18). The number of nitrogens with zero attached hydrogens (tertiary/aromatic N) is 3. The van der Waals surface area contributed by atoms with Gasteiger partial charge in [-0.25, -0.2) is 4.98 Å². The Labute approximate surface area is 107 Å². The molecule has 2 rings (SSSR count). The lowest BCUT2D eigenvalue weighted by molar-refractivity contribution is -0.135. The maximum absolute atomic E-state index is 11.7. The number of Topliss-reactive ketones (excluding diaryl/α,β-unsaturated/α-hetero) is 1. The molecule has 0 radical (unpaired) electrons. The molecule has 2 aromatic heterocycles. The number of ketones is 1. The van der Waals surface area contributed by atoms with Crippen molar-refractivity contribution in [1.29, 1.82) is 0 Å². The minimum atomic E-state index is -1.20. The number of carboxylic acid groups (broad SMARTS) is 1. The summed E-state index contributed by atoms with van der Waals surface area (Å²) in [6, 6.07) is 0. The lowest BCUT2D eigenvalue weighted by Crippen LogP contribution is -2.08. The molecular formula is C11H10ClN3O3. The molecule has 1 N–H and O–H groups in total. The van der Waals surface area contributed by atoms with Crippen LogP contribution in [0.25, 0.3) is 11.0 Å². The number of hydrogen-bond donors (Lipinski definition) is 1. The molecule has 6 nitrogen and oxygen atoms in total. The van der Waals surface area contributed by atoms with Gasteiger partial charge in [0.15, 0.2) is 11.4 Å². The predicted octanol–water partition coefficient (Wildman–Crippen LogP) is 1.59. The molecule has 0 aliphatic heterocycles. The van der Waals surface area contributed by atoms with Gasteiger partial charge in [-0.3, -0.25) is 14.3 Å². The highest BCUT2D eigenvalue weighted by molar-refractivity contribution is 6.38. The van der Waals surface area contributed by atoms with Crippen molar-refractivity contribution in [3.05, 3.63) is 22.5 Å². The Kier molecular flexibility index (Phi) is 3.04. The molecule has 0 spiro atoms. The van der Waals surface area contributed by atoms with E-state index in [0.717, 1.165) is 0 Å². The average molecular weight is 268 g/mol. The Morgan fingerprint density at radius 3 is 2.78 bits per heavy atom. The van der Waals surface area contributed by atoms with E-state index in [4.69, 9.17) is 16.7 Å². The van der Waals surface area contributed by atoms with Gasteiger partial charge in [-0.2, -0.15) is 5.10 Å². The van der Waals surface area contributed by atoms with Gasteiger partial charge in [0, 0.05) is 13.2 Å². The summed E-state index contributed by atoms with van der Waals surface area (Å²) in [5.74, 6) is -1.76. The number of carbonyl (C=O) groups excluding carboxylic acids is 1. The van der Waals surface area contributed by atoms with E-state index < -0.39 is 18.2 Å². The van der Waals surface area contributed by atoms with Gasteiger partial charge in [0.2, 0.25) is 0 Å².